The molecule has 0 amide bonds. The van der Waals surface area contributed by atoms with E-state index in [9.17, 15) is 0 Å². The fraction of sp³-hybridized carbons (Fsp3) is 0.346. The number of likely N-dealkylation sites (N-methyl/N-ethyl adjacent to an activating group) is 1. The van der Waals surface area contributed by atoms with Crippen molar-refractivity contribution in [3.05, 3.63) is 55.1 Å². The van der Waals surface area contributed by atoms with E-state index in [1.54, 1.807) is 18.6 Å². The molecule has 2 fully saturated rings. The number of hydrogen-bond donors (Lipinski definition) is 3. The van der Waals surface area contributed by atoms with E-state index in [2.05, 4.69) is 53.8 Å². The highest BCUT2D eigenvalue weighted by molar-refractivity contribution is 5.90. The van der Waals surface area contributed by atoms with Gasteiger partial charge in [-0.1, -0.05) is 0 Å². The van der Waals surface area contributed by atoms with Gasteiger partial charge < -0.3 is 25.8 Å². The van der Waals surface area contributed by atoms with Crippen LogP contribution in [0.25, 0.3) is 22.3 Å². The number of nitrogens with zero attached hydrogens (tertiary/aromatic N) is 7. The third-order valence-corrected chi connectivity index (χ3v) is 6.77. The molecule has 0 aliphatic carbocycles. The zero-order chi connectivity index (χ0) is 24.3. The average Bonchev–Trinajstić information content (AvgIpc) is 3.43. The summed E-state index contributed by atoms with van der Waals surface area (Å²) in [4.78, 5) is 27.8. The van der Waals surface area contributed by atoms with Gasteiger partial charge in [0.25, 0.3) is 0 Å². The monoisotopic (exact) mass is 482 g/mol. The highest BCUT2D eigenvalue weighted by Gasteiger charge is 2.18. The quantitative estimate of drug-likeness (QED) is 0.380. The third-order valence-electron chi connectivity index (χ3n) is 6.77. The summed E-state index contributed by atoms with van der Waals surface area (Å²) in [6, 6.07) is 10.3. The van der Waals surface area contributed by atoms with E-state index >= 15 is 0 Å². The van der Waals surface area contributed by atoms with Gasteiger partial charge in [-0.3, -0.25) is 4.98 Å². The molecule has 1 atom stereocenters. The Morgan fingerprint density at radius 2 is 1.89 bits per heavy atom. The van der Waals surface area contributed by atoms with E-state index in [-0.39, 0.29) is 0 Å². The van der Waals surface area contributed by atoms with Gasteiger partial charge in [0.1, 0.15) is 17.5 Å². The molecule has 1 unspecified atom stereocenters. The summed E-state index contributed by atoms with van der Waals surface area (Å²) in [5.41, 5.74) is 2.58. The summed E-state index contributed by atoms with van der Waals surface area (Å²) in [7, 11) is 2.16. The summed E-state index contributed by atoms with van der Waals surface area (Å²) in [5, 5.41) is 11.3. The first-order chi connectivity index (χ1) is 17.7. The maximum absolute atomic E-state index is 4.90. The molecule has 10 nitrogen and oxygen atoms in total. The fourth-order valence-corrected chi connectivity index (χ4v) is 4.66. The molecule has 0 spiro atoms. The van der Waals surface area contributed by atoms with Crippen LogP contribution in [-0.4, -0.2) is 82.2 Å². The van der Waals surface area contributed by atoms with Crippen LogP contribution in [0.1, 0.15) is 6.42 Å². The van der Waals surface area contributed by atoms with Gasteiger partial charge in [-0.05, 0) is 50.3 Å². The van der Waals surface area contributed by atoms with Crippen LogP contribution in [-0.2, 0) is 0 Å². The van der Waals surface area contributed by atoms with Crippen LogP contribution in [0, 0.1) is 0 Å². The van der Waals surface area contributed by atoms with Crippen LogP contribution < -0.4 is 20.9 Å². The molecule has 2 aliphatic heterocycles. The molecule has 2 aliphatic rings. The lowest BCUT2D eigenvalue weighted by Gasteiger charge is -2.33. The Hall–Kier alpha value is -3.89. The lowest BCUT2D eigenvalue weighted by molar-refractivity contribution is 0.312. The van der Waals surface area contributed by atoms with Crippen LogP contribution in [0.2, 0.25) is 0 Å². The van der Waals surface area contributed by atoms with E-state index in [1.165, 1.54) is 0 Å². The highest BCUT2D eigenvalue weighted by Crippen LogP contribution is 2.27. The molecule has 10 heteroatoms. The predicted molar refractivity (Wildman–Crippen MR) is 143 cm³/mol. The van der Waals surface area contributed by atoms with E-state index in [4.69, 9.17) is 9.97 Å². The number of aromatic nitrogens is 5. The minimum Gasteiger partial charge on any atom is -0.365 e. The first kappa shape index (κ1) is 22.6. The molecule has 4 aromatic heterocycles. The van der Waals surface area contributed by atoms with Gasteiger partial charge in [0, 0.05) is 62.1 Å². The maximum atomic E-state index is 4.90. The van der Waals surface area contributed by atoms with Gasteiger partial charge in [-0.25, -0.2) is 19.9 Å². The van der Waals surface area contributed by atoms with Crippen LogP contribution in [0.4, 0.5) is 23.1 Å². The summed E-state index contributed by atoms with van der Waals surface area (Å²) < 4.78 is 0. The second kappa shape index (κ2) is 10.00. The van der Waals surface area contributed by atoms with Gasteiger partial charge >= 0.3 is 0 Å². The van der Waals surface area contributed by atoms with Crippen LogP contribution >= 0.6 is 0 Å². The molecular weight excluding hydrogens is 452 g/mol. The molecule has 36 heavy (non-hydrogen) atoms. The minimum atomic E-state index is 0.347. The van der Waals surface area contributed by atoms with Crippen LogP contribution in [0.15, 0.2) is 55.1 Å². The summed E-state index contributed by atoms with van der Waals surface area (Å²) in [6.45, 7) is 6.04. The van der Waals surface area contributed by atoms with Crippen LogP contribution in [0.3, 0.4) is 0 Å². The molecule has 4 aromatic rings. The molecule has 0 aromatic carbocycles. The Bertz CT molecular complexity index is 1330. The van der Waals surface area contributed by atoms with E-state index in [1.807, 2.05) is 30.5 Å². The van der Waals surface area contributed by atoms with Crippen molar-refractivity contribution in [1.29, 1.82) is 0 Å². The highest BCUT2D eigenvalue weighted by atomic mass is 15.3. The maximum Gasteiger partial charge on any atom is 0.162 e. The second-order valence-electron chi connectivity index (χ2n) is 9.37. The first-order valence-corrected chi connectivity index (χ1v) is 12.4. The van der Waals surface area contributed by atoms with E-state index < -0.39 is 0 Å². The van der Waals surface area contributed by atoms with Crippen molar-refractivity contribution < 1.29 is 0 Å². The van der Waals surface area contributed by atoms with Crippen molar-refractivity contribution >= 4 is 34.0 Å². The summed E-state index contributed by atoms with van der Waals surface area (Å²) >= 11 is 0. The molecule has 6 rings (SSSR count). The van der Waals surface area contributed by atoms with Gasteiger partial charge in [0.2, 0.25) is 0 Å². The topological polar surface area (TPSA) is 107 Å². The van der Waals surface area contributed by atoms with Crippen molar-refractivity contribution in [3.63, 3.8) is 0 Å². The number of nitrogens with one attached hydrogen (secondary N) is 3. The van der Waals surface area contributed by atoms with Crippen molar-refractivity contribution in [3.8, 4) is 11.4 Å². The standard InChI is InChI=1S/C26H30N10/c1-35-10-12-36(13-11-35)24-3-2-19(16-30-24)31-23-14-18(4-9-29-23)25-33-22-17-28-8-6-21(22)26(34-25)32-20-5-7-27-15-20/h2-4,6,8-9,14,16-17,20,27H,5,7,10-13,15H2,1H3,(H,29,31)(H,32,33,34). The molecular formula is C26H30N10. The number of fused-ring (bicyclic) bond motifs is 1. The minimum absolute atomic E-state index is 0.347. The Labute approximate surface area is 210 Å². The molecule has 2 saturated heterocycles. The Morgan fingerprint density at radius 3 is 2.69 bits per heavy atom. The number of rotatable bonds is 6. The van der Waals surface area contributed by atoms with Gasteiger partial charge in [0.15, 0.2) is 5.82 Å². The number of pyridine rings is 3. The smallest absolute Gasteiger partial charge is 0.162 e. The SMILES string of the molecule is CN1CCN(c2ccc(Nc3cc(-c4nc(NC5CCNC5)c5ccncc5n4)ccn3)cn2)CC1. The summed E-state index contributed by atoms with van der Waals surface area (Å²) in [5.74, 6) is 3.19. The Kier molecular flexibility index (Phi) is 6.27. The van der Waals surface area contributed by atoms with Crippen LogP contribution in [0.5, 0.6) is 0 Å². The largest absolute Gasteiger partial charge is 0.365 e. The molecule has 0 saturated carbocycles. The predicted octanol–water partition coefficient (Wildman–Crippen LogP) is 2.75. The van der Waals surface area contributed by atoms with Gasteiger partial charge in [-0.15, -0.1) is 0 Å². The second-order valence-corrected chi connectivity index (χ2v) is 9.37. The molecule has 3 N–H and O–H groups in total. The molecule has 0 radical (unpaired) electrons. The van der Waals surface area contributed by atoms with E-state index in [0.29, 0.717) is 17.7 Å². The zero-order valence-corrected chi connectivity index (χ0v) is 20.4. The number of anilines is 4. The zero-order valence-electron chi connectivity index (χ0n) is 20.4. The van der Waals surface area contributed by atoms with Gasteiger partial charge in [0.05, 0.1) is 23.6 Å². The molecule has 6 heterocycles. The number of hydrogen-bond acceptors (Lipinski definition) is 10. The Morgan fingerprint density at radius 1 is 0.972 bits per heavy atom. The fourth-order valence-electron chi connectivity index (χ4n) is 4.66. The van der Waals surface area contributed by atoms with Crippen molar-refractivity contribution in [1.82, 2.24) is 35.1 Å². The normalized spacial score (nSPS) is 18.5. The first-order valence-electron chi connectivity index (χ1n) is 12.4. The van der Waals surface area contributed by atoms with Crippen molar-refractivity contribution in [2.24, 2.45) is 0 Å². The van der Waals surface area contributed by atoms with Crippen molar-refractivity contribution in [2.75, 3.05) is 61.8 Å². The van der Waals surface area contributed by atoms with E-state index in [0.717, 1.165) is 79.5 Å². The lowest BCUT2D eigenvalue weighted by Crippen LogP contribution is -2.44. The molecule has 184 valence electrons. The van der Waals surface area contributed by atoms with Crippen molar-refractivity contribution in [2.45, 2.75) is 12.5 Å². The summed E-state index contributed by atoms with van der Waals surface area (Å²) in [6.07, 6.45) is 8.26. The lowest BCUT2D eigenvalue weighted by atomic mass is 10.2. The van der Waals surface area contributed by atoms with Gasteiger partial charge in [-0.2, -0.15) is 0 Å². The third kappa shape index (κ3) is 4.91. The number of piperazine rings is 1. The Balaban J connectivity index is 1.23. The molecule has 0 bridgehead atoms. The average molecular weight is 483 g/mol.